The monoisotopic (exact) mass is 625 g/mol. The van der Waals surface area contributed by atoms with Gasteiger partial charge in [-0.2, -0.15) is 0 Å². The highest BCUT2D eigenvalue weighted by atomic mass is 16.5. The normalized spacial score (nSPS) is 34.2. The number of hydrogen-bond donors (Lipinski definition) is 0. The van der Waals surface area contributed by atoms with Crippen molar-refractivity contribution in [3.05, 3.63) is 12.2 Å². The van der Waals surface area contributed by atoms with Gasteiger partial charge in [-0.25, -0.2) is 0 Å². The Kier molecular flexibility index (Phi) is 15.4. The van der Waals surface area contributed by atoms with Crippen LogP contribution in [0.3, 0.4) is 0 Å². The van der Waals surface area contributed by atoms with E-state index >= 15 is 0 Å². The number of unbranched alkanes of at least 4 members (excludes halogenated alkanes) is 9. The Hall–Kier alpha value is -0.790. The van der Waals surface area contributed by atoms with E-state index in [9.17, 15) is 4.79 Å². The zero-order valence-electron chi connectivity index (χ0n) is 30.9. The summed E-state index contributed by atoms with van der Waals surface area (Å²) in [5, 5.41) is 0. The Labute approximate surface area is 281 Å². The summed E-state index contributed by atoms with van der Waals surface area (Å²) in [5.41, 5.74) is 1.25. The molecule has 4 saturated carbocycles. The molecule has 0 radical (unpaired) electrons. The predicted octanol–water partition coefficient (Wildman–Crippen LogP) is 13.3. The van der Waals surface area contributed by atoms with E-state index in [2.05, 4.69) is 46.8 Å². The van der Waals surface area contributed by atoms with Crippen LogP contribution in [0.1, 0.15) is 195 Å². The van der Waals surface area contributed by atoms with Crippen LogP contribution >= 0.6 is 0 Å². The minimum Gasteiger partial charge on any atom is -0.465 e. The largest absolute Gasteiger partial charge is 0.465 e. The van der Waals surface area contributed by atoms with Gasteiger partial charge in [0.25, 0.3) is 0 Å². The first kappa shape index (κ1) is 37.0. The van der Waals surface area contributed by atoms with Crippen molar-refractivity contribution in [1.82, 2.24) is 0 Å². The Bertz CT molecular complexity index is 877. The van der Waals surface area contributed by atoms with Gasteiger partial charge in [0.15, 0.2) is 0 Å². The third kappa shape index (κ3) is 10.1. The molecule has 0 aliphatic heterocycles. The highest BCUT2D eigenvalue weighted by Gasteiger charge is 2.60. The smallest absolute Gasteiger partial charge is 0.305 e. The maximum atomic E-state index is 12.3. The van der Waals surface area contributed by atoms with Crippen LogP contribution in [0.2, 0.25) is 0 Å². The van der Waals surface area contributed by atoms with E-state index < -0.39 is 0 Å². The van der Waals surface area contributed by atoms with Gasteiger partial charge in [0.2, 0.25) is 0 Å². The van der Waals surface area contributed by atoms with Gasteiger partial charge in [0.1, 0.15) is 0 Å². The van der Waals surface area contributed by atoms with Crippen LogP contribution in [-0.4, -0.2) is 12.6 Å². The summed E-state index contributed by atoms with van der Waals surface area (Å²) in [6.45, 7) is 13.2. The molecule has 45 heavy (non-hydrogen) atoms. The summed E-state index contributed by atoms with van der Waals surface area (Å²) < 4.78 is 5.70. The second kappa shape index (κ2) is 18.7. The van der Waals surface area contributed by atoms with Crippen LogP contribution in [0.5, 0.6) is 0 Å². The number of ether oxygens (including phenoxy) is 1. The van der Waals surface area contributed by atoms with E-state index in [0.29, 0.717) is 29.8 Å². The molecule has 260 valence electrons. The molecule has 0 saturated heterocycles. The number of fused-ring (bicyclic) bond motifs is 5. The molecule has 0 bridgehead atoms. The van der Waals surface area contributed by atoms with Crippen molar-refractivity contribution in [2.24, 2.45) is 52.3 Å². The van der Waals surface area contributed by atoms with E-state index in [1.54, 1.807) is 6.42 Å². The number of allylic oxidation sites excluding steroid dienone is 2. The average molecular weight is 625 g/mol. The Morgan fingerprint density at radius 2 is 1.44 bits per heavy atom. The van der Waals surface area contributed by atoms with Gasteiger partial charge in [-0.15, -0.1) is 0 Å². The summed E-state index contributed by atoms with van der Waals surface area (Å²) in [6, 6.07) is 0. The standard InChI is InChI=1S/C43H76O2/c1-6-7-8-9-10-11-12-13-14-15-16-17-18-25-41(44)45-33-34(2)22-21-23-35(3)38-28-29-39-37-27-26-36-24-19-20-31-42(36,4)40(37)30-32-43(38,39)5/h11-12,34-40H,6-10,13-33H2,1-5H3/b12-11-/t34?,35-,36?,37+,38-,39+,40+,42+,43-/m1/s1. The Morgan fingerprint density at radius 1 is 0.733 bits per heavy atom. The lowest BCUT2D eigenvalue weighted by molar-refractivity contribution is -0.145. The molecule has 4 aliphatic rings. The topological polar surface area (TPSA) is 26.3 Å². The first-order chi connectivity index (χ1) is 21.8. The highest BCUT2D eigenvalue weighted by Crippen LogP contribution is 2.68. The lowest BCUT2D eigenvalue weighted by Crippen LogP contribution is -2.53. The van der Waals surface area contributed by atoms with Crippen LogP contribution in [-0.2, 0) is 9.53 Å². The van der Waals surface area contributed by atoms with Gasteiger partial charge in [0, 0.05) is 6.42 Å². The zero-order chi connectivity index (χ0) is 32.1. The van der Waals surface area contributed by atoms with E-state index in [1.165, 1.54) is 135 Å². The van der Waals surface area contributed by atoms with Crippen molar-refractivity contribution >= 4 is 5.97 Å². The third-order valence-corrected chi connectivity index (χ3v) is 14.4. The molecule has 0 aromatic carbocycles. The van der Waals surface area contributed by atoms with Gasteiger partial charge in [-0.05, 0) is 142 Å². The summed E-state index contributed by atoms with van der Waals surface area (Å²) in [7, 11) is 0. The lowest BCUT2D eigenvalue weighted by atomic mass is 9.44. The molecular formula is C43H76O2. The van der Waals surface area contributed by atoms with E-state index in [4.69, 9.17) is 4.74 Å². The Balaban J connectivity index is 1.04. The van der Waals surface area contributed by atoms with Crippen molar-refractivity contribution in [3.63, 3.8) is 0 Å². The van der Waals surface area contributed by atoms with Gasteiger partial charge < -0.3 is 4.74 Å². The number of carbonyl (C=O) groups is 1. The number of esters is 1. The van der Waals surface area contributed by atoms with Crippen LogP contribution in [0.4, 0.5) is 0 Å². The highest BCUT2D eigenvalue weighted by molar-refractivity contribution is 5.69. The maximum Gasteiger partial charge on any atom is 0.305 e. The molecule has 0 N–H and O–H groups in total. The second-order valence-corrected chi connectivity index (χ2v) is 17.5. The minimum absolute atomic E-state index is 0.0258. The number of carbonyl (C=O) groups excluding carboxylic acids is 1. The second-order valence-electron chi connectivity index (χ2n) is 17.5. The summed E-state index contributed by atoms with van der Waals surface area (Å²) in [6.07, 6.45) is 38.2. The molecule has 4 fully saturated rings. The molecule has 0 heterocycles. The summed E-state index contributed by atoms with van der Waals surface area (Å²) >= 11 is 0. The van der Waals surface area contributed by atoms with Crippen molar-refractivity contribution < 1.29 is 9.53 Å². The van der Waals surface area contributed by atoms with Crippen LogP contribution in [0, 0.1) is 52.3 Å². The average Bonchev–Trinajstić information content (AvgIpc) is 3.39. The molecular weight excluding hydrogens is 548 g/mol. The number of rotatable bonds is 20. The van der Waals surface area contributed by atoms with Gasteiger partial charge >= 0.3 is 5.97 Å². The van der Waals surface area contributed by atoms with Crippen molar-refractivity contribution in [2.75, 3.05) is 6.61 Å². The fraction of sp³-hybridized carbons (Fsp3) is 0.930. The fourth-order valence-corrected chi connectivity index (χ4v) is 11.6. The quantitative estimate of drug-likeness (QED) is 0.0765. The van der Waals surface area contributed by atoms with Crippen LogP contribution in [0.25, 0.3) is 0 Å². The van der Waals surface area contributed by atoms with Crippen LogP contribution < -0.4 is 0 Å². The van der Waals surface area contributed by atoms with E-state index in [1.807, 2.05) is 0 Å². The SMILES string of the molecule is CCCCCC/C=C\CCCCCCCC(=O)OCC(C)CCC[C@@H](C)[C@H]1CC[C@H]2[C@@H]3CCC4CCCC[C@]4(C)[C@H]3CC[C@]12C. The van der Waals surface area contributed by atoms with Crippen LogP contribution in [0.15, 0.2) is 12.2 Å². The first-order valence-electron chi connectivity index (χ1n) is 20.6. The molecule has 0 aromatic rings. The molecule has 2 unspecified atom stereocenters. The molecule has 4 rings (SSSR count). The first-order valence-corrected chi connectivity index (χ1v) is 20.6. The van der Waals surface area contributed by atoms with E-state index in [-0.39, 0.29) is 5.97 Å². The van der Waals surface area contributed by atoms with Crippen molar-refractivity contribution in [2.45, 2.75) is 195 Å². The molecule has 4 aliphatic carbocycles. The molecule has 0 aromatic heterocycles. The van der Waals surface area contributed by atoms with Gasteiger partial charge in [-0.3, -0.25) is 4.79 Å². The third-order valence-electron chi connectivity index (χ3n) is 14.4. The van der Waals surface area contributed by atoms with Crippen molar-refractivity contribution in [1.29, 1.82) is 0 Å². The minimum atomic E-state index is 0.0258. The fourth-order valence-electron chi connectivity index (χ4n) is 11.6. The molecule has 0 spiro atoms. The number of hydrogen-bond acceptors (Lipinski definition) is 2. The summed E-state index contributed by atoms with van der Waals surface area (Å²) in [5.74, 6) is 6.33. The summed E-state index contributed by atoms with van der Waals surface area (Å²) in [4.78, 5) is 12.3. The predicted molar refractivity (Wildman–Crippen MR) is 193 cm³/mol. The Morgan fingerprint density at radius 3 is 2.22 bits per heavy atom. The maximum absolute atomic E-state index is 12.3. The van der Waals surface area contributed by atoms with Crippen molar-refractivity contribution in [3.8, 4) is 0 Å². The van der Waals surface area contributed by atoms with Gasteiger partial charge in [0.05, 0.1) is 6.61 Å². The molecule has 2 nitrogen and oxygen atoms in total. The molecule has 2 heteroatoms. The van der Waals surface area contributed by atoms with Gasteiger partial charge in [-0.1, -0.05) is 111 Å². The molecule has 9 atom stereocenters. The molecule has 0 amide bonds. The van der Waals surface area contributed by atoms with E-state index in [0.717, 1.165) is 48.3 Å². The zero-order valence-corrected chi connectivity index (χ0v) is 30.9. The lowest BCUT2D eigenvalue weighted by Gasteiger charge is -2.61.